The molecule has 8 nitrogen and oxygen atoms in total. The third kappa shape index (κ3) is 6.56. The molecule has 2 aromatic carbocycles. The number of ether oxygens (including phenoxy) is 1. The largest absolute Gasteiger partial charge is 0.480 e. The second-order valence-corrected chi connectivity index (χ2v) is 7.14. The second-order valence-electron chi connectivity index (χ2n) is 7.14. The van der Waals surface area contributed by atoms with E-state index >= 15 is 0 Å². The number of hydrogen-bond donors (Lipinski definition) is 3. The minimum absolute atomic E-state index is 0.0133. The van der Waals surface area contributed by atoms with Crippen molar-refractivity contribution in [3.8, 4) is 0 Å². The van der Waals surface area contributed by atoms with Crippen molar-refractivity contribution in [3.05, 3.63) is 70.8 Å². The first-order chi connectivity index (χ1) is 14.7. The number of rotatable bonds is 11. The van der Waals surface area contributed by atoms with Crippen molar-refractivity contribution in [1.82, 2.24) is 0 Å². The van der Waals surface area contributed by atoms with Crippen molar-refractivity contribution in [2.75, 3.05) is 7.11 Å². The van der Waals surface area contributed by atoms with Crippen LogP contribution in [0.1, 0.15) is 44.7 Å². The number of carboxylic acid groups (broad SMARTS) is 1. The number of ketones is 2. The third-order valence-electron chi connectivity index (χ3n) is 4.92. The predicted molar refractivity (Wildman–Crippen MR) is 114 cm³/mol. The molecule has 0 aliphatic carbocycles. The van der Waals surface area contributed by atoms with Crippen molar-refractivity contribution in [2.45, 2.75) is 37.8 Å². The average molecular weight is 426 g/mol. The van der Waals surface area contributed by atoms with Gasteiger partial charge in [-0.3, -0.25) is 19.2 Å². The van der Waals surface area contributed by atoms with Crippen LogP contribution in [0.5, 0.6) is 0 Å². The zero-order valence-corrected chi connectivity index (χ0v) is 17.2. The Bertz CT molecular complexity index is 972. The normalized spacial score (nSPS) is 12.6. The Hall–Kier alpha value is -3.36. The number of hydrogen-bond acceptors (Lipinski definition) is 7. The fourth-order valence-corrected chi connectivity index (χ4v) is 3.23. The molecule has 0 heterocycles. The number of benzene rings is 2. The van der Waals surface area contributed by atoms with Crippen LogP contribution in [0.25, 0.3) is 0 Å². The zero-order chi connectivity index (χ0) is 23.0. The first kappa shape index (κ1) is 23.9. The van der Waals surface area contributed by atoms with Crippen molar-refractivity contribution in [1.29, 1.82) is 0 Å². The van der Waals surface area contributed by atoms with E-state index in [4.69, 9.17) is 16.6 Å². The monoisotopic (exact) mass is 426 g/mol. The molecule has 31 heavy (non-hydrogen) atoms. The summed E-state index contributed by atoms with van der Waals surface area (Å²) in [7, 11) is 1.24. The maximum Gasteiger partial charge on any atom is 0.322 e. The molecular weight excluding hydrogens is 400 g/mol. The lowest BCUT2D eigenvalue weighted by molar-refractivity contribution is -0.142. The fourth-order valence-electron chi connectivity index (χ4n) is 3.23. The first-order valence-corrected chi connectivity index (χ1v) is 9.78. The van der Waals surface area contributed by atoms with Crippen molar-refractivity contribution < 1.29 is 29.0 Å². The minimum atomic E-state index is -1.15. The topological polar surface area (TPSA) is 150 Å². The quantitative estimate of drug-likeness (QED) is 0.362. The van der Waals surface area contributed by atoms with E-state index < -0.39 is 24.0 Å². The van der Waals surface area contributed by atoms with Gasteiger partial charge in [-0.1, -0.05) is 48.5 Å². The number of carbonyl (C=O) groups excluding carboxylic acids is 3. The van der Waals surface area contributed by atoms with Gasteiger partial charge in [0.15, 0.2) is 11.6 Å². The molecule has 0 amide bonds. The molecule has 164 valence electrons. The summed E-state index contributed by atoms with van der Waals surface area (Å²) >= 11 is 0. The van der Waals surface area contributed by atoms with Crippen LogP contribution in [0, 0.1) is 0 Å². The highest BCUT2D eigenvalue weighted by Gasteiger charge is 2.21. The van der Waals surface area contributed by atoms with Gasteiger partial charge in [0.25, 0.3) is 0 Å². The van der Waals surface area contributed by atoms with Crippen LogP contribution in [-0.2, 0) is 27.2 Å². The molecule has 0 fully saturated rings. The maximum atomic E-state index is 12.8. The van der Waals surface area contributed by atoms with Gasteiger partial charge in [-0.15, -0.1) is 0 Å². The van der Waals surface area contributed by atoms with Crippen LogP contribution < -0.4 is 11.5 Å². The van der Waals surface area contributed by atoms with Crippen molar-refractivity contribution in [2.24, 2.45) is 11.5 Å². The summed E-state index contributed by atoms with van der Waals surface area (Å²) in [5, 5.41) is 9.02. The average Bonchev–Trinajstić information content (AvgIpc) is 2.77. The molecule has 0 saturated heterocycles. The highest BCUT2D eigenvalue weighted by atomic mass is 16.5. The number of carboxylic acids is 1. The Kier molecular flexibility index (Phi) is 8.60. The van der Waals surface area contributed by atoms with Gasteiger partial charge in [-0.05, 0) is 24.0 Å². The Morgan fingerprint density at radius 1 is 0.806 bits per heavy atom. The smallest absolute Gasteiger partial charge is 0.322 e. The first-order valence-electron chi connectivity index (χ1n) is 9.78. The summed E-state index contributed by atoms with van der Waals surface area (Å²) in [5.74, 6) is -2.25. The standard InChI is InChI=1S/C23H26N2O6/c1-31-23(30)19(25)13-15-7-3-5-9-17(15)21(27)11-10-20(26)16-8-4-2-6-14(16)12-18(24)22(28)29/h2-9,18-19H,10-13,24-25H2,1H3,(H,28,29). The summed E-state index contributed by atoms with van der Waals surface area (Å²) in [4.78, 5) is 48.1. The van der Waals surface area contributed by atoms with Crippen LogP contribution in [-0.4, -0.2) is 47.8 Å². The molecule has 0 spiro atoms. The van der Waals surface area contributed by atoms with Crippen molar-refractivity contribution in [3.63, 3.8) is 0 Å². The molecule has 5 N–H and O–H groups in total. The number of carbonyl (C=O) groups is 4. The Morgan fingerprint density at radius 3 is 1.65 bits per heavy atom. The molecule has 0 saturated carbocycles. The van der Waals surface area contributed by atoms with E-state index in [1.165, 1.54) is 7.11 Å². The molecule has 2 rings (SSSR count). The summed E-state index contributed by atoms with van der Waals surface area (Å²) in [6.07, 6.45) is 0.0655. The molecule has 8 heteroatoms. The summed E-state index contributed by atoms with van der Waals surface area (Å²) in [6.45, 7) is 0. The molecule has 0 aliphatic heterocycles. The van der Waals surface area contributed by atoms with E-state index in [1.807, 2.05) is 0 Å². The number of esters is 1. The predicted octanol–water partition coefficient (Wildman–Crippen LogP) is 1.53. The van der Waals surface area contributed by atoms with E-state index in [-0.39, 0.29) is 37.2 Å². The molecule has 2 atom stereocenters. The van der Waals surface area contributed by atoms with Gasteiger partial charge in [0.05, 0.1) is 7.11 Å². The Morgan fingerprint density at radius 2 is 1.23 bits per heavy atom. The van der Waals surface area contributed by atoms with Crippen LogP contribution in [0.3, 0.4) is 0 Å². The van der Waals surface area contributed by atoms with E-state index in [0.717, 1.165) is 0 Å². The van der Waals surface area contributed by atoms with E-state index in [2.05, 4.69) is 4.74 Å². The van der Waals surface area contributed by atoms with Crippen LogP contribution in [0.2, 0.25) is 0 Å². The molecule has 2 unspecified atom stereocenters. The Balaban J connectivity index is 2.10. The van der Waals surface area contributed by atoms with Gasteiger partial charge in [-0.25, -0.2) is 0 Å². The number of aliphatic carboxylic acids is 1. The third-order valence-corrected chi connectivity index (χ3v) is 4.92. The molecule has 0 radical (unpaired) electrons. The number of Topliss-reactive ketones (excluding diaryl/α,β-unsaturated/α-hetero) is 2. The van der Waals surface area contributed by atoms with E-state index in [1.54, 1.807) is 48.5 Å². The summed E-state index contributed by atoms with van der Waals surface area (Å²) in [6, 6.07) is 11.4. The lowest BCUT2D eigenvalue weighted by Gasteiger charge is -2.13. The maximum absolute atomic E-state index is 12.8. The number of nitrogens with two attached hydrogens (primary N) is 2. The van der Waals surface area contributed by atoms with Gasteiger partial charge < -0.3 is 21.3 Å². The van der Waals surface area contributed by atoms with Crippen molar-refractivity contribution >= 4 is 23.5 Å². The Labute approximate surface area is 180 Å². The molecule has 0 bridgehead atoms. The van der Waals surface area contributed by atoms with Crippen LogP contribution in [0.4, 0.5) is 0 Å². The van der Waals surface area contributed by atoms with Gasteiger partial charge >= 0.3 is 11.9 Å². The van der Waals surface area contributed by atoms with E-state index in [0.29, 0.717) is 22.3 Å². The molecule has 0 aromatic heterocycles. The fraction of sp³-hybridized carbons (Fsp3) is 0.304. The van der Waals surface area contributed by atoms with Crippen LogP contribution in [0.15, 0.2) is 48.5 Å². The SMILES string of the molecule is COC(=O)C(N)Cc1ccccc1C(=O)CCC(=O)c1ccccc1CC(N)C(=O)O. The minimum Gasteiger partial charge on any atom is -0.480 e. The molecule has 0 aliphatic rings. The molecular formula is C23H26N2O6. The lowest BCUT2D eigenvalue weighted by atomic mass is 9.92. The number of methoxy groups -OCH3 is 1. The van der Waals surface area contributed by atoms with Gasteiger partial charge in [0.2, 0.25) is 0 Å². The van der Waals surface area contributed by atoms with Gasteiger partial charge in [-0.2, -0.15) is 0 Å². The summed E-state index contributed by atoms with van der Waals surface area (Å²) in [5.41, 5.74) is 13.3. The van der Waals surface area contributed by atoms with Gasteiger partial charge in [0.1, 0.15) is 12.1 Å². The van der Waals surface area contributed by atoms with Crippen LogP contribution >= 0.6 is 0 Å². The zero-order valence-electron chi connectivity index (χ0n) is 17.2. The summed E-state index contributed by atoms with van der Waals surface area (Å²) < 4.78 is 4.63. The second kappa shape index (κ2) is 11.1. The molecule has 2 aromatic rings. The lowest BCUT2D eigenvalue weighted by Crippen LogP contribution is -2.34. The highest BCUT2D eigenvalue weighted by molar-refractivity contribution is 6.03. The van der Waals surface area contributed by atoms with Gasteiger partial charge in [0, 0.05) is 24.0 Å². The highest BCUT2D eigenvalue weighted by Crippen LogP contribution is 2.18. The van der Waals surface area contributed by atoms with E-state index in [9.17, 15) is 19.2 Å².